The molecule has 2 aliphatic heterocycles. The van der Waals surface area contributed by atoms with Crippen LogP contribution in [0.25, 0.3) is 0 Å². The lowest BCUT2D eigenvalue weighted by Gasteiger charge is -2.30. The minimum Gasteiger partial charge on any atom is -0.369 e. The van der Waals surface area contributed by atoms with Crippen LogP contribution in [0, 0.1) is 5.92 Å². The third kappa shape index (κ3) is 4.48. The SMILES string of the molecule is CCN1CCC(C(=O)NCc2ccc(N3CCNCC3)cc2)CC1. The molecule has 2 aliphatic rings. The fourth-order valence-corrected chi connectivity index (χ4v) is 3.59. The molecule has 1 aromatic carbocycles. The molecule has 2 N–H and O–H groups in total. The molecule has 2 heterocycles. The van der Waals surface area contributed by atoms with Gasteiger partial charge in [-0.15, -0.1) is 0 Å². The normalized spacial score (nSPS) is 20.1. The Bertz CT molecular complexity index is 517. The number of amides is 1. The average molecular weight is 330 g/mol. The van der Waals surface area contributed by atoms with Gasteiger partial charge in [-0.25, -0.2) is 0 Å². The predicted octanol–water partition coefficient (Wildman–Crippen LogP) is 1.44. The molecule has 0 atom stereocenters. The first-order valence-corrected chi connectivity index (χ1v) is 9.31. The molecule has 2 fully saturated rings. The fourth-order valence-electron chi connectivity index (χ4n) is 3.59. The largest absolute Gasteiger partial charge is 0.369 e. The number of hydrogen-bond donors (Lipinski definition) is 2. The second-order valence-corrected chi connectivity index (χ2v) is 6.83. The quantitative estimate of drug-likeness (QED) is 0.858. The van der Waals surface area contributed by atoms with E-state index in [4.69, 9.17) is 0 Å². The van der Waals surface area contributed by atoms with E-state index in [0.717, 1.165) is 58.7 Å². The van der Waals surface area contributed by atoms with Crippen molar-refractivity contribution in [2.24, 2.45) is 5.92 Å². The molecule has 5 nitrogen and oxygen atoms in total. The Morgan fingerprint density at radius 3 is 2.42 bits per heavy atom. The summed E-state index contributed by atoms with van der Waals surface area (Å²) >= 11 is 0. The number of nitrogens with zero attached hydrogens (tertiary/aromatic N) is 2. The zero-order valence-corrected chi connectivity index (χ0v) is 14.8. The Hall–Kier alpha value is -1.59. The van der Waals surface area contributed by atoms with Crippen molar-refractivity contribution in [2.45, 2.75) is 26.3 Å². The Balaban J connectivity index is 1.45. The number of likely N-dealkylation sites (tertiary alicyclic amines) is 1. The van der Waals surface area contributed by atoms with Crippen molar-refractivity contribution in [1.29, 1.82) is 0 Å². The lowest BCUT2D eigenvalue weighted by Crippen LogP contribution is -2.43. The van der Waals surface area contributed by atoms with Crippen LogP contribution >= 0.6 is 0 Å². The first kappa shape index (κ1) is 17.2. The van der Waals surface area contributed by atoms with Gasteiger partial charge in [0, 0.05) is 44.3 Å². The van der Waals surface area contributed by atoms with E-state index in [1.165, 1.54) is 11.3 Å². The molecule has 5 heteroatoms. The van der Waals surface area contributed by atoms with Crippen molar-refractivity contribution in [1.82, 2.24) is 15.5 Å². The third-order valence-corrected chi connectivity index (χ3v) is 5.29. The molecule has 3 rings (SSSR count). The van der Waals surface area contributed by atoms with Crippen LogP contribution in [0.15, 0.2) is 24.3 Å². The van der Waals surface area contributed by atoms with Crippen LogP contribution < -0.4 is 15.5 Å². The zero-order chi connectivity index (χ0) is 16.8. The second kappa shape index (κ2) is 8.49. The van der Waals surface area contributed by atoms with Gasteiger partial charge in [0.1, 0.15) is 0 Å². The Morgan fingerprint density at radius 2 is 1.79 bits per heavy atom. The number of rotatable bonds is 5. The van der Waals surface area contributed by atoms with E-state index in [9.17, 15) is 4.79 Å². The highest BCUT2D eigenvalue weighted by molar-refractivity contribution is 5.78. The van der Waals surface area contributed by atoms with Crippen molar-refractivity contribution in [3.05, 3.63) is 29.8 Å². The molecule has 0 aromatic heterocycles. The van der Waals surface area contributed by atoms with Crippen molar-refractivity contribution in [2.75, 3.05) is 50.7 Å². The highest BCUT2D eigenvalue weighted by Crippen LogP contribution is 2.18. The number of nitrogens with one attached hydrogen (secondary N) is 2. The number of carbonyl (C=O) groups is 1. The molecule has 132 valence electrons. The van der Waals surface area contributed by atoms with E-state index in [1.54, 1.807) is 0 Å². The monoisotopic (exact) mass is 330 g/mol. The molecule has 0 saturated carbocycles. The number of anilines is 1. The molecule has 1 aromatic rings. The number of hydrogen-bond acceptors (Lipinski definition) is 4. The fraction of sp³-hybridized carbons (Fsp3) is 0.632. The minimum absolute atomic E-state index is 0.188. The Morgan fingerprint density at radius 1 is 1.12 bits per heavy atom. The van der Waals surface area contributed by atoms with E-state index < -0.39 is 0 Å². The summed E-state index contributed by atoms with van der Waals surface area (Å²) in [5, 5.41) is 6.49. The van der Waals surface area contributed by atoms with Gasteiger partial charge in [0.25, 0.3) is 0 Å². The molecule has 1 amide bonds. The third-order valence-electron chi connectivity index (χ3n) is 5.29. The van der Waals surface area contributed by atoms with E-state index in [1.807, 2.05) is 0 Å². The van der Waals surface area contributed by atoms with Gasteiger partial charge < -0.3 is 20.4 Å². The summed E-state index contributed by atoms with van der Waals surface area (Å²) in [6, 6.07) is 8.62. The van der Waals surface area contributed by atoms with Gasteiger partial charge in [0.2, 0.25) is 5.91 Å². The van der Waals surface area contributed by atoms with Crippen molar-refractivity contribution in [3.8, 4) is 0 Å². The van der Waals surface area contributed by atoms with Crippen molar-refractivity contribution in [3.63, 3.8) is 0 Å². The topological polar surface area (TPSA) is 47.6 Å². The van der Waals surface area contributed by atoms with Gasteiger partial charge in [0.15, 0.2) is 0 Å². The molecular weight excluding hydrogens is 300 g/mol. The first-order chi connectivity index (χ1) is 11.8. The maximum absolute atomic E-state index is 12.3. The van der Waals surface area contributed by atoms with E-state index >= 15 is 0 Å². The van der Waals surface area contributed by atoms with Crippen molar-refractivity contribution >= 4 is 11.6 Å². The summed E-state index contributed by atoms with van der Waals surface area (Å²) in [5.74, 6) is 0.407. The summed E-state index contributed by atoms with van der Waals surface area (Å²) in [5.41, 5.74) is 2.45. The maximum atomic E-state index is 12.3. The smallest absolute Gasteiger partial charge is 0.223 e. The summed E-state index contributed by atoms with van der Waals surface area (Å²) in [6.07, 6.45) is 1.98. The molecule has 0 spiro atoms. The van der Waals surface area contributed by atoms with Gasteiger partial charge in [0.05, 0.1) is 0 Å². The van der Waals surface area contributed by atoms with Gasteiger partial charge in [-0.1, -0.05) is 19.1 Å². The number of piperazine rings is 1. The molecule has 0 unspecified atom stereocenters. The maximum Gasteiger partial charge on any atom is 0.223 e. The molecule has 0 aliphatic carbocycles. The van der Waals surface area contributed by atoms with Crippen LogP contribution in [0.1, 0.15) is 25.3 Å². The van der Waals surface area contributed by atoms with Gasteiger partial charge >= 0.3 is 0 Å². The molecule has 0 radical (unpaired) electrons. The van der Waals surface area contributed by atoms with Crippen LogP contribution in [-0.2, 0) is 11.3 Å². The van der Waals surface area contributed by atoms with Gasteiger partial charge in [-0.3, -0.25) is 4.79 Å². The summed E-state index contributed by atoms with van der Waals surface area (Å²) in [7, 11) is 0. The highest BCUT2D eigenvalue weighted by Gasteiger charge is 2.23. The van der Waals surface area contributed by atoms with Crippen LogP contribution in [0.3, 0.4) is 0 Å². The summed E-state index contributed by atoms with van der Waals surface area (Å²) < 4.78 is 0. The molecular formula is C19H30N4O. The van der Waals surface area contributed by atoms with Crippen LogP contribution in [0.2, 0.25) is 0 Å². The summed E-state index contributed by atoms with van der Waals surface area (Å²) in [4.78, 5) is 17.2. The average Bonchev–Trinajstić information content (AvgIpc) is 2.67. The molecule has 0 bridgehead atoms. The number of carbonyl (C=O) groups excluding carboxylic acids is 1. The van der Waals surface area contributed by atoms with Crippen LogP contribution in [0.4, 0.5) is 5.69 Å². The first-order valence-electron chi connectivity index (χ1n) is 9.31. The van der Waals surface area contributed by atoms with Crippen molar-refractivity contribution < 1.29 is 4.79 Å². The van der Waals surface area contributed by atoms with E-state index in [0.29, 0.717) is 6.54 Å². The highest BCUT2D eigenvalue weighted by atomic mass is 16.1. The molecule has 24 heavy (non-hydrogen) atoms. The zero-order valence-electron chi connectivity index (χ0n) is 14.8. The minimum atomic E-state index is 0.188. The standard InChI is InChI=1S/C19H30N4O/c1-2-22-11-7-17(8-12-22)19(24)21-15-16-3-5-18(6-4-16)23-13-9-20-10-14-23/h3-6,17,20H,2,7-15H2,1H3,(H,21,24). The van der Waals surface area contributed by atoms with Crippen LogP contribution in [0.5, 0.6) is 0 Å². The van der Waals surface area contributed by atoms with E-state index in [-0.39, 0.29) is 11.8 Å². The lowest BCUT2D eigenvalue weighted by atomic mass is 9.96. The van der Waals surface area contributed by atoms with Gasteiger partial charge in [-0.05, 0) is 50.2 Å². The van der Waals surface area contributed by atoms with E-state index in [2.05, 4.69) is 51.6 Å². The van der Waals surface area contributed by atoms with Crippen LogP contribution in [-0.4, -0.2) is 56.6 Å². The second-order valence-electron chi connectivity index (χ2n) is 6.83. The Labute approximate surface area is 145 Å². The summed E-state index contributed by atoms with van der Waals surface area (Å²) in [6.45, 7) is 10.2. The number of piperidine rings is 1. The molecule has 2 saturated heterocycles. The predicted molar refractivity (Wildman–Crippen MR) is 98.2 cm³/mol. The lowest BCUT2D eigenvalue weighted by molar-refractivity contribution is -0.126. The number of benzene rings is 1. The Kier molecular flexibility index (Phi) is 6.10. The van der Waals surface area contributed by atoms with Gasteiger partial charge in [-0.2, -0.15) is 0 Å².